The van der Waals surface area contributed by atoms with Crippen molar-refractivity contribution in [2.45, 2.75) is 65.7 Å². The molecule has 2 aliphatic rings. The van der Waals surface area contributed by atoms with Crippen molar-refractivity contribution in [1.82, 2.24) is 24.2 Å². The molecule has 0 atom stereocenters. The minimum atomic E-state index is -3.77. The topological polar surface area (TPSA) is 126 Å². The maximum atomic E-state index is 13.9. The van der Waals surface area contributed by atoms with Gasteiger partial charge in [-0.3, -0.25) is 9.59 Å². The van der Waals surface area contributed by atoms with Gasteiger partial charge in [0.05, 0.1) is 11.9 Å². The van der Waals surface area contributed by atoms with Gasteiger partial charge in [-0.1, -0.05) is 44.2 Å². The number of nitrogens with one attached hydrogen (secondary N) is 2. The maximum Gasteiger partial charge on any atom is 0.270 e. The SMILES string of the molecule is CCS(=O)(=O)NC(=O)c1cnn2c(Nc3cc(C)ccc3C)c(C(=O)N3CCC(C4CCCCC4)CC3)cnc12. The minimum Gasteiger partial charge on any atom is -0.339 e. The van der Waals surface area contributed by atoms with Gasteiger partial charge in [0.1, 0.15) is 16.9 Å². The van der Waals surface area contributed by atoms with E-state index in [0.717, 1.165) is 35.6 Å². The molecule has 1 saturated heterocycles. The molecule has 10 nitrogen and oxygen atoms in total. The van der Waals surface area contributed by atoms with Crippen molar-refractivity contribution in [2.75, 3.05) is 24.2 Å². The van der Waals surface area contributed by atoms with Crippen LogP contribution in [0.4, 0.5) is 11.5 Å². The second kappa shape index (κ2) is 11.6. The first-order valence-corrected chi connectivity index (χ1v) is 15.9. The normalized spacial score (nSPS) is 17.2. The molecular formula is C29H38N6O4S. The summed E-state index contributed by atoms with van der Waals surface area (Å²) in [4.78, 5) is 33.0. The number of hydrogen-bond donors (Lipinski definition) is 2. The summed E-state index contributed by atoms with van der Waals surface area (Å²) < 4.78 is 27.5. The van der Waals surface area contributed by atoms with Crippen LogP contribution in [-0.2, 0) is 10.0 Å². The van der Waals surface area contributed by atoms with Gasteiger partial charge in [0, 0.05) is 25.0 Å². The van der Waals surface area contributed by atoms with Gasteiger partial charge in [0.25, 0.3) is 11.8 Å². The molecule has 0 unspecified atom stereocenters. The molecule has 0 radical (unpaired) electrons. The van der Waals surface area contributed by atoms with Crippen LogP contribution in [0.5, 0.6) is 0 Å². The molecule has 2 aromatic heterocycles. The zero-order valence-electron chi connectivity index (χ0n) is 23.4. The van der Waals surface area contributed by atoms with Gasteiger partial charge in [0.2, 0.25) is 10.0 Å². The molecule has 2 fully saturated rings. The van der Waals surface area contributed by atoms with Crippen molar-refractivity contribution in [3.05, 3.63) is 52.8 Å². The fraction of sp³-hybridized carbons (Fsp3) is 0.517. The summed E-state index contributed by atoms with van der Waals surface area (Å²) in [7, 11) is -3.77. The number of aryl methyl sites for hydroxylation is 2. The molecule has 40 heavy (non-hydrogen) atoms. The highest BCUT2D eigenvalue weighted by atomic mass is 32.2. The van der Waals surface area contributed by atoms with E-state index in [-0.39, 0.29) is 22.9 Å². The lowest BCUT2D eigenvalue weighted by Crippen LogP contribution is -2.40. The number of carbonyl (C=O) groups excluding carboxylic acids is 2. The van der Waals surface area contributed by atoms with Crippen LogP contribution in [0.15, 0.2) is 30.6 Å². The molecule has 2 N–H and O–H groups in total. The molecule has 214 valence electrons. The summed E-state index contributed by atoms with van der Waals surface area (Å²) >= 11 is 0. The standard InChI is InChI=1S/C29H38N6O4S/c1-4-40(38,39)33-28(36)23-18-31-35-26(23)30-17-24(27(35)32-25-16-19(2)10-11-20(25)3)29(37)34-14-12-22(13-15-34)21-8-6-5-7-9-21/h10-11,16-18,21-22,32H,4-9,12-15H2,1-3H3,(H,33,36). The van der Waals surface area contributed by atoms with E-state index in [2.05, 4.69) is 20.1 Å². The van der Waals surface area contributed by atoms with E-state index in [1.807, 2.05) is 36.9 Å². The van der Waals surface area contributed by atoms with Crippen LogP contribution < -0.4 is 10.0 Å². The quantitative estimate of drug-likeness (QED) is 0.428. The number of anilines is 2. The number of fused-ring (bicyclic) bond motifs is 1. The molecule has 11 heteroatoms. The first kappa shape index (κ1) is 28.1. The third-order valence-electron chi connectivity index (χ3n) is 8.42. The number of benzene rings is 1. The van der Waals surface area contributed by atoms with Crippen LogP contribution >= 0.6 is 0 Å². The van der Waals surface area contributed by atoms with Crippen LogP contribution in [0, 0.1) is 25.7 Å². The number of amides is 2. The van der Waals surface area contributed by atoms with Gasteiger partial charge in [0.15, 0.2) is 5.65 Å². The third kappa shape index (κ3) is 5.84. The molecule has 1 aliphatic heterocycles. The predicted octanol–water partition coefficient (Wildman–Crippen LogP) is 4.60. The van der Waals surface area contributed by atoms with Crippen LogP contribution in [-0.4, -0.2) is 58.6 Å². The second-order valence-corrected chi connectivity index (χ2v) is 13.1. The fourth-order valence-electron chi connectivity index (χ4n) is 5.98. The Hall–Kier alpha value is -3.47. The summed E-state index contributed by atoms with van der Waals surface area (Å²) in [6.45, 7) is 6.80. The van der Waals surface area contributed by atoms with Gasteiger partial charge >= 0.3 is 0 Å². The zero-order chi connectivity index (χ0) is 28.4. The van der Waals surface area contributed by atoms with E-state index >= 15 is 0 Å². The predicted molar refractivity (Wildman–Crippen MR) is 154 cm³/mol. The number of nitrogens with zero attached hydrogens (tertiary/aromatic N) is 4. The zero-order valence-corrected chi connectivity index (χ0v) is 24.3. The molecule has 1 aromatic carbocycles. The number of likely N-dealkylation sites (tertiary alicyclic amines) is 1. The fourth-order valence-corrected chi connectivity index (χ4v) is 6.52. The molecule has 5 rings (SSSR count). The molecule has 0 spiro atoms. The maximum absolute atomic E-state index is 13.9. The lowest BCUT2D eigenvalue weighted by molar-refractivity contribution is 0.0638. The molecule has 3 heterocycles. The number of piperidine rings is 1. The van der Waals surface area contributed by atoms with Crippen LogP contribution in [0.25, 0.3) is 5.65 Å². The van der Waals surface area contributed by atoms with Gasteiger partial charge in [-0.05, 0) is 62.6 Å². The Balaban J connectivity index is 1.48. The number of hydrogen-bond acceptors (Lipinski definition) is 7. The van der Waals surface area contributed by atoms with E-state index in [1.54, 1.807) is 0 Å². The first-order chi connectivity index (χ1) is 19.2. The minimum absolute atomic E-state index is 0.00772. The lowest BCUT2D eigenvalue weighted by atomic mass is 9.76. The van der Waals surface area contributed by atoms with Gasteiger partial charge in [-0.25, -0.2) is 18.1 Å². The number of carbonyl (C=O) groups is 2. The van der Waals surface area contributed by atoms with Gasteiger partial charge in [-0.15, -0.1) is 0 Å². The summed E-state index contributed by atoms with van der Waals surface area (Å²) in [5.41, 5.74) is 3.33. The highest BCUT2D eigenvalue weighted by Gasteiger charge is 2.31. The van der Waals surface area contributed by atoms with Crippen molar-refractivity contribution < 1.29 is 18.0 Å². The Bertz CT molecular complexity index is 1520. The Morgan fingerprint density at radius 1 is 0.975 bits per heavy atom. The summed E-state index contributed by atoms with van der Waals surface area (Å²) in [5, 5.41) is 7.75. The van der Waals surface area contributed by atoms with Crippen molar-refractivity contribution in [2.24, 2.45) is 11.8 Å². The molecule has 2 amide bonds. The summed E-state index contributed by atoms with van der Waals surface area (Å²) in [6, 6.07) is 5.98. The number of sulfonamides is 1. The largest absolute Gasteiger partial charge is 0.339 e. The molecule has 0 bridgehead atoms. The van der Waals surface area contributed by atoms with Crippen molar-refractivity contribution >= 4 is 39.0 Å². The van der Waals surface area contributed by atoms with Crippen LogP contribution in [0.2, 0.25) is 0 Å². The van der Waals surface area contributed by atoms with Gasteiger partial charge < -0.3 is 10.2 Å². The van der Waals surface area contributed by atoms with Crippen LogP contribution in [0.1, 0.15) is 83.7 Å². The lowest BCUT2D eigenvalue weighted by Gasteiger charge is -2.37. The second-order valence-electron chi connectivity index (χ2n) is 11.1. The Labute approximate surface area is 235 Å². The number of aromatic nitrogens is 3. The first-order valence-electron chi connectivity index (χ1n) is 14.2. The molecule has 3 aromatic rings. The smallest absolute Gasteiger partial charge is 0.270 e. The van der Waals surface area contributed by atoms with E-state index in [0.29, 0.717) is 30.4 Å². The van der Waals surface area contributed by atoms with Gasteiger partial charge in [-0.2, -0.15) is 9.61 Å². The van der Waals surface area contributed by atoms with Crippen molar-refractivity contribution in [3.8, 4) is 0 Å². The summed E-state index contributed by atoms with van der Waals surface area (Å²) in [5.74, 6) is 0.640. The third-order valence-corrected chi connectivity index (χ3v) is 9.68. The van der Waals surface area contributed by atoms with Crippen LogP contribution in [0.3, 0.4) is 0 Å². The molecular weight excluding hydrogens is 528 g/mol. The highest BCUT2D eigenvalue weighted by molar-refractivity contribution is 7.90. The Morgan fingerprint density at radius 2 is 1.68 bits per heavy atom. The Kier molecular flexibility index (Phi) is 8.11. The van der Waals surface area contributed by atoms with E-state index in [4.69, 9.17) is 0 Å². The van der Waals surface area contributed by atoms with E-state index in [9.17, 15) is 18.0 Å². The molecule has 1 aliphatic carbocycles. The average Bonchev–Trinajstić information content (AvgIpc) is 3.40. The average molecular weight is 567 g/mol. The highest BCUT2D eigenvalue weighted by Crippen LogP contribution is 2.36. The summed E-state index contributed by atoms with van der Waals surface area (Å²) in [6.07, 6.45) is 11.3. The van der Waals surface area contributed by atoms with E-state index in [1.165, 1.54) is 55.9 Å². The van der Waals surface area contributed by atoms with Crippen molar-refractivity contribution in [1.29, 1.82) is 0 Å². The van der Waals surface area contributed by atoms with E-state index < -0.39 is 15.9 Å². The number of rotatable bonds is 7. The van der Waals surface area contributed by atoms with Crippen molar-refractivity contribution in [3.63, 3.8) is 0 Å². The Morgan fingerprint density at radius 3 is 2.38 bits per heavy atom. The molecule has 1 saturated carbocycles. The monoisotopic (exact) mass is 566 g/mol.